The molecule has 0 aliphatic carbocycles. The van der Waals surface area contributed by atoms with Gasteiger partial charge in [-0.1, -0.05) is 18.2 Å². The fourth-order valence-electron chi connectivity index (χ4n) is 2.86. The summed E-state index contributed by atoms with van der Waals surface area (Å²) in [6.45, 7) is 5.63. The predicted molar refractivity (Wildman–Crippen MR) is 103 cm³/mol. The third-order valence-corrected chi connectivity index (χ3v) is 4.65. The van der Waals surface area contributed by atoms with Crippen molar-refractivity contribution in [3.63, 3.8) is 0 Å². The lowest BCUT2D eigenvalue weighted by molar-refractivity contribution is 0.0790. The Bertz CT molecular complexity index is 736. The zero-order valence-corrected chi connectivity index (χ0v) is 15.8. The van der Waals surface area contributed by atoms with E-state index >= 15 is 0 Å². The molecule has 0 fully saturated rings. The fraction of sp³-hybridized carbons (Fsp3) is 0.381. The summed E-state index contributed by atoms with van der Waals surface area (Å²) in [7, 11) is 5.92. The predicted octanol–water partition coefficient (Wildman–Crippen LogP) is 3.70. The van der Waals surface area contributed by atoms with Gasteiger partial charge in [0.2, 0.25) is 0 Å². The standard InChI is InChI=1S/C21H28N2O2/c1-15-16(2)20(24)12-11-19(15)17-7-9-18(10-8-17)21(25)23(5)14-6-13-22(3)4/h7-12,24H,6,13-14H2,1-5H3. The van der Waals surface area contributed by atoms with Crippen molar-refractivity contribution < 1.29 is 9.90 Å². The van der Waals surface area contributed by atoms with Gasteiger partial charge in [0.1, 0.15) is 5.75 Å². The summed E-state index contributed by atoms with van der Waals surface area (Å²) in [4.78, 5) is 16.4. The van der Waals surface area contributed by atoms with E-state index in [1.165, 1.54) is 0 Å². The van der Waals surface area contributed by atoms with Crippen LogP contribution >= 0.6 is 0 Å². The maximum atomic E-state index is 12.5. The Kier molecular flexibility index (Phi) is 6.21. The molecule has 134 valence electrons. The van der Waals surface area contributed by atoms with Gasteiger partial charge in [0.25, 0.3) is 5.91 Å². The molecule has 25 heavy (non-hydrogen) atoms. The van der Waals surface area contributed by atoms with Gasteiger partial charge in [-0.2, -0.15) is 0 Å². The van der Waals surface area contributed by atoms with E-state index in [4.69, 9.17) is 0 Å². The molecule has 0 bridgehead atoms. The van der Waals surface area contributed by atoms with Gasteiger partial charge < -0.3 is 14.9 Å². The Morgan fingerprint density at radius 1 is 0.920 bits per heavy atom. The summed E-state index contributed by atoms with van der Waals surface area (Å²) < 4.78 is 0. The molecule has 0 atom stereocenters. The van der Waals surface area contributed by atoms with E-state index in [0.717, 1.165) is 41.8 Å². The number of benzene rings is 2. The van der Waals surface area contributed by atoms with Gasteiger partial charge in [0, 0.05) is 19.2 Å². The van der Waals surface area contributed by atoms with Gasteiger partial charge in [0.05, 0.1) is 0 Å². The average molecular weight is 340 g/mol. The Morgan fingerprint density at radius 3 is 2.16 bits per heavy atom. The number of aromatic hydroxyl groups is 1. The first-order chi connectivity index (χ1) is 11.8. The van der Waals surface area contributed by atoms with Crippen LogP contribution in [0.5, 0.6) is 5.75 Å². The molecule has 2 aromatic carbocycles. The van der Waals surface area contributed by atoms with E-state index in [1.807, 2.05) is 65.3 Å². The van der Waals surface area contributed by atoms with Crippen molar-refractivity contribution in [3.05, 3.63) is 53.1 Å². The minimum Gasteiger partial charge on any atom is -0.508 e. The van der Waals surface area contributed by atoms with E-state index < -0.39 is 0 Å². The van der Waals surface area contributed by atoms with Crippen LogP contribution in [0.2, 0.25) is 0 Å². The van der Waals surface area contributed by atoms with Gasteiger partial charge in [-0.3, -0.25) is 4.79 Å². The number of amides is 1. The summed E-state index contributed by atoms with van der Waals surface area (Å²) in [6.07, 6.45) is 0.958. The molecule has 0 saturated heterocycles. The van der Waals surface area contributed by atoms with Crippen LogP contribution in [0.25, 0.3) is 11.1 Å². The highest BCUT2D eigenvalue weighted by Crippen LogP contribution is 2.30. The fourth-order valence-corrected chi connectivity index (χ4v) is 2.86. The molecule has 0 spiro atoms. The highest BCUT2D eigenvalue weighted by molar-refractivity contribution is 5.94. The quantitative estimate of drug-likeness (QED) is 0.872. The Hall–Kier alpha value is -2.33. The monoisotopic (exact) mass is 340 g/mol. The molecule has 0 saturated carbocycles. The zero-order chi connectivity index (χ0) is 18.6. The first-order valence-corrected chi connectivity index (χ1v) is 8.61. The number of carbonyl (C=O) groups is 1. The maximum absolute atomic E-state index is 12.5. The SMILES string of the molecule is Cc1c(O)ccc(-c2ccc(C(=O)N(C)CCCN(C)C)cc2)c1C. The summed E-state index contributed by atoms with van der Waals surface area (Å²) in [5.41, 5.74) is 4.77. The van der Waals surface area contributed by atoms with Crippen LogP contribution in [0.4, 0.5) is 0 Å². The van der Waals surface area contributed by atoms with Crippen molar-refractivity contribution in [2.45, 2.75) is 20.3 Å². The minimum absolute atomic E-state index is 0.0453. The van der Waals surface area contributed by atoms with Crippen LogP contribution < -0.4 is 0 Å². The minimum atomic E-state index is 0.0453. The summed E-state index contributed by atoms with van der Waals surface area (Å²) in [6, 6.07) is 11.3. The molecule has 0 aromatic heterocycles. The lowest BCUT2D eigenvalue weighted by atomic mass is 9.95. The molecular weight excluding hydrogens is 312 g/mol. The van der Waals surface area contributed by atoms with Gasteiger partial charge >= 0.3 is 0 Å². The smallest absolute Gasteiger partial charge is 0.253 e. The molecule has 1 N–H and O–H groups in total. The third-order valence-electron chi connectivity index (χ3n) is 4.65. The third kappa shape index (κ3) is 4.60. The Balaban J connectivity index is 2.12. The molecule has 2 rings (SSSR count). The van der Waals surface area contributed by atoms with Crippen LogP contribution in [0, 0.1) is 13.8 Å². The number of carbonyl (C=O) groups excluding carboxylic acids is 1. The molecule has 0 aliphatic heterocycles. The molecule has 1 amide bonds. The highest BCUT2D eigenvalue weighted by Gasteiger charge is 2.13. The second kappa shape index (κ2) is 8.17. The Morgan fingerprint density at radius 2 is 1.56 bits per heavy atom. The van der Waals surface area contributed by atoms with Gasteiger partial charge in [0.15, 0.2) is 0 Å². The molecule has 4 heteroatoms. The number of phenolic OH excluding ortho intramolecular Hbond substituents is 1. The van der Waals surface area contributed by atoms with Gasteiger partial charge in [-0.15, -0.1) is 0 Å². The normalized spacial score (nSPS) is 11.0. The van der Waals surface area contributed by atoms with Crippen molar-refractivity contribution in [3.8, 4) is 16.9 Å². The largest absolute Gasteiger partial charge is 0.508 e. The van der Waals surface area contributed by atoms with Crippen molar-refractivity contribution in [2.75, 3.05) is 34.2 Å². The van der Waals surface area contributed by atoms with E-state index in [-0.39, 0.29) is 5.91 Å². The van der Waals surface area contributed by atoms with Crippen molar-refractivity contribution >= 4 is 5.91 Å². The van der Waals surface area contributed by atoms with Crippen LogP contribution in [0.1, 0.15) is 27.9 Å². The molecule has 4 nitrogen and oxygen atoms in total. The van der Waals surface area contributed by atoms with Crippen LogP contribution in [-0.4, -0.2) is 55.0 Å². The van der Waals surface area contributed by atoms with Crippen LogP contribution in [-0.2, 0) is 0 Å². The molecule has 0 heterocycles. The van der Waals surface area contributed by atoms with E-state index in [2.05, 4.69) is 4.90 Å². The van der Waals surface area contributed by atoms with E-state index in [1.54, 1.807) is 11.0 Å². The number of nitrogens with zero attached hydrogens (tertiary/aromatic N) is 2. The molecule has 0 radical (unpaired) electrons. The lowest BCUT2D eigenvalue weighted by Crippen LogP contribution is -2.29. The first kappa shape index (κ1) is 19.0. The summed E-state index contributed by atoms with van der Waals surface area (Å²) >= 11 is 0. The van der Waals surface area contributed by atoms with Crippen LogP contribution in [0.15, 0.2) is 36.4 Å². The highest BCUT2D eigenvalue weighted by atomic mass is 16.3. The Labute approximate surface area is 150 Å². The van der Waals surface area contributed by atoms with E-state index in [0.29, 0.717) is 11.3 Å². The number of hydrogen-bond acceptors (Lipinski definition) is 3. The maximum Gasteiger partial charge on any atom is 0.253 e. The average Bonchev–Trinajstić information content (AvgIpc) is 2.59. The second-order valence-corrected chi connectivity index (χ2v) is 6.84. The number of hydrogen-bond donors (Lipinski definition) is 1. The van der Waals surface area contributed by atoms with Crippen molar-refractivity contribution in [1.82, 2.24) is 9.80 Å². The van der Waals surface area contributed by atoms with Crippen molar-refractivity contribution in [1.29, 1.82) is 0 Å². The van der Waals surface area contributed by atoms with Gasteiger partial charge in [-0.05, 0) is 81.4 Å². The number of rotatable bonds is 6. The molecule has 2 aromatic rings. The first-order valence-electron chi connectivity index (χ1n) is 8.61. The topological polar surface area (TPSA) is 43.8 Å². The summed E-state index contributed by atoms with van der Waals surface area (Å²) in [5, 5.41) is 9.80. The zero-order valence-electron chi connectivity index (χ0n) is 15.8. The van der Waals surface area contributed by atoms with Gasteiger partial charge in [-0.25, -0.2) is 0 Å². The van der Waals surface area contributed by atoms with Crippen LogP contribution in [0.3, 0.4) is 0 Å². The van der Waals surface area contributed by atoms with Crippen molar-refractivity contribution in [2.24, 2.45) is 0 Å². The molecule has 0 aliphatic rings. The summed E-state index contributed by atoms with van der Waals surface area (Å²) in [5.74, 6) is 0.358. The molecule has 0 unspecified atom stereocenters. The molecular formula is C21H28N2O2. The second-order valence-electron chi connectivity index (χ2n) is 6.84. The van der Waals surface area contributed by atoms with E-state index in [9.17, 15) is 9.90 Å². The number of phenols is 1. The lowest BCUT2D eigenvalue weighted by Gasteiger charge is -2.19.